The van der Waals surface area contributed by atoms with Crippen molar-refractivity contribution in [3.8, 4) is 12.3 Å². The molecule has 0 saturated carbocycles. The molecule has 0 bridgehead atoms. The molecule has 0 radical (unpaired) electrons. The van der Waals surface area contributed by atoms with Gasteiger partial charge < -0.3 is 5.32 Å². The number of benzene rings is 1. The standard InChI is InChI=1S/C18H16N4O/c1-5-13-7-6-8-14(10-13)20-18(23)15-9-11(2)19-17-16(15)12(3)21-22(17)4/h1,6-10H,2-4H3,(H,20,23). The second-order valence-electron chi connectivity index (χ2n) is 5.40. The van der Waals surface area contributed by atoms with Gasteiger partial charge in [-0.1, -0.05) is 12.0 Å². The van der Waals surface area contributed by atoms with Gasteiger partial charge in [-0.05, 0) is 38.1 Å². The van der Waals surface area contributed by atoms with E-state index in [0.29, 0.717) is 16.9 Å². The first-order valence-electron chi connectivity index (χ1n) is 7.18. The number of nitrogens with zero attached hydrogens (tertiary/aromatic N) is 3. The highest BCUT2D eigenvalue weighted by Gasteiger charge is 2.17. The van der Waals surface area contributed by atoms with E-state index in [1.165, 1.54) is 0 Å². The minimum atomic E-state index is -0.203. The first kappa shape index (κ1) is 14.8. The Morgan fingerprint density at radius 2 is 2.09 bits per heavy atom. The summed E-state index contributed by atoms with van der Waals surface area (Å²) in [5.74, 6) is 2.35. The van der Waals surface area contributed by atoms with Crippen molar-refractivity contribution in [3.05, 3.63) is 52.8 Å². The number of hydrogen-bond donors (Lipinski definition) is 1. The van der Waals surface area contributed by atoms with Crippen LogP contribution in [0.25, 0.3) is 11.0 Å². The van der Waals surface area contributed by atoms with Gasteiger partial charge in [0.05, 0.1) is 16.6 Å². The van der Waals surface area contributed by atoms with Crippen LogP contribution in [0.15, 0.2) is 30.3 Å². The predicted octanol–water partition coefficient (Wildman–Crippen LogP) is 2.82. The van der Waals surface area contributed by atoms with Gasteiger partial charge in [0.15, 0.2) is 5.65 Å². The maximum Gasteiger partial charge on any atom is 0.256 e. The second kappa shape index (κ2) is 5.58. The maximum atomic E-state index is 12.7. The highest BCUT2D eigenvalue weighted by Crippen LogP contribution is 2.23. The lowest BCUT2D eigenvalue weighted by atomic mass is 10.1. The second-order valence-corrected chi connectivity index (χ2v) is 5.40. The molecule has 1 N–H and O–H groups in total. The molecule has 2 heterocycles. The zero-order valence-electron chi connectivity index (χ0n) is 13.2. The fourth-order valence-corrected chi connectivity index (χ4v) is 2.63. The minimum Gasteiger partial charge on any atom is -0.322 e. The molecule has 0 fully saturated rings. The molecule has 3 aromatic rings. The normalized spacial score (nSPS) is 10.5. The van der Waals surface area contributed by atoms with Crippen LogP contribution in [0.2, 0.25) is 0 Å². The Kier molecular flexibility index (Phi) is 3.59. The summed E-state index contributed by atoms with van der Waals surface area (Å²) < 4.78 is 1.69. The van der Waals surface area contributed by atoms with E-state index in [1.807, 2.05) is 33.0 Å². The average molecular weight is 304 g/mol. The molecule has 1 aromatic carbocycles. The van der Waals surface area contributed by atoms with Crippen LogP contribution in [0.5, 0.6) is 0 Å². The quantitative estimate of drug-likeness (QED) is 0.741. The molecule has 23 heavy (non-hydrogen) atoms. The Morgan fingerprint density at radius 3 is 2.83 bits per heavy atom. The van der Waals surface area contributed by atoms with E-state index in [1.54, 1.807) is 22.9 Å². The molecule has 0 saturated heterocycles. The van der Waals surface area contributed by atoms with E-state index >= 15 is 0 Å². The summed E-state index contributed by atoms with van der Waals surface area (Å²) in [6, 6.07) is 8.97. The van der Waals surface area contributed by atoms with Crippen molar-refractivity contribution < 1.29 is 4.79 Å². The predicted molar refractivity (Wildman–Crippen MR) is 90.3 cm³/mol. The first-order valence-corrected chi connectivity index (χ1v) is 7.18. The monoisotopic (exact) mass is 304 g/mol. The summed E-state index contributed by atoms with van der Waals surface area (Å²) in [5.41, 5.74) is 4.18. The number of carbonyl (C=O) groups excluding carboxylic acids is 1. The SMILES string of the molecule is C#Cc1cccc(NC(=O)c2cc(C)nc3c2c(C)nn3C)c1. The highest BCUT2D eigenvalue weighted by molar-refractivity contribution is 6.12. The molecule has 0 atom stereocenters. The summed E-state index contributed by atoms with van der Waals surface area (Å²) in [5, 5.41) is 8.01. The molecular weight excluding hydrogens is 288 g/mol. The maximum absolute atomic E-state index is 12.7. The van der Waals surface area contributed by atoms with Crippen molar-refractivity contribution >= 4 is 22.6 Å². The van der Waals surface area contributed by atoms with Crippen LogP contribution in [0, 0.1) is 26.2 Å². The number of aromatic nitrogens is 3. The Balaban J connectivity index is 2.06. The molecular formula is C18H16N4O. The van der Waals surface area contributed by atoms with Gasteiger partial charge in [0.2, 0.25) is 0 Å². The van der Waals surface area contributed by atoms with Crippen molar-refractivity contribution in [1.29, 1.82) is 0 Å². The Bertz CT molecular complexity index is 963. The molecule has 2 aromatic heterocycles. The van der Waals surface area contributed by atoms with E-state index in [2.05, 4.69) is 21.3 Å². The fraction of sp³-hybridized carbons (Fsp3) is 0.167. The Labute approximate surface area is 134 Å². The Morgan fingerprint density at radius 1 is 1.30 bits per heavy atom. The van der Waals surface area contributed by atoms with Gasteiger partial charge in [-0.2, -0.15) is 5.10 Å². The number of pyridine rings is 1. The largest absolute Gasteiger partial charge is 0.322 e. The van der Waals surface area contributed by atoms with Crippen LogP contribution < -0.4 is 5.32 Å². The number of hydrogen-bond acceptors (Lipinski definition) is 3. The molecule has 114 valence electrons. The van der Waals surface area contributed by atoms with Crippen LogP contribution >= 0.6 is 0 Å². The van der Waals surface area contributed by atoms with E-state index < -0.39 is 0 Å². The number of amides is 1. The summed E-state index contributed by atoms with van der Waals surface area (Å²) in [4.78, 5) is 17.2. The topological polar surface area (TPSA) is 59.8 Å². The smallest absolute Gasteiger partial charge is 0.256 e. The lowest BCUT2D eigenvalue weighted by molar-refractivity contribution is 0.102. The fourth-order valence-electron chi connectivity index (χ4n) is 2.63. The number of rotatable bonds is 2. The Hall–Kier alpha value is -3.13. The van der Waals surface area contributed by atoms with Crippen LogP contribution in [0.4, 0.5) is 5.69 Å². The van der Waals surface area contributed by atoms with E-state index in [-0.39, 0.29) is 5.91 Å². The number of fused-ring (bicyclic) bond motifs is 1. The van der Waals surface area contributed by atoms with Gasteiger partial charge in [0.25, 0.3) is 5.91 Å². The summed E-state index contributed by atoms with van der Waals surface area (Å²) >= 11 is 0. The van der Waals surface area contributed by atoms with Crippen LogP contribution in [-0.4, -0.2) is 20.7 Å². The molecule has 0 unspecified atom stereocenters. The minimum absolute atomic E-state index is 0.203. The van der Waals surface area contributed by atoms with Crippen molar-refractivity contribution in [1.82, 2.24) is 14.8 Å². The molecule has 0 aliphatic rings. The van der Waals surface area contributed by atoms with Gasteiger partial charge in [0, 0.05) is 24.0 Å². The van der Waals surface area contributed by atoms with Crippen LogP contribution in [0.1, 0.15) is 27.3 Å². The molecule has 1 amide bonds. The molecule has 5 nitrogen and oxygen atoms in total. The van der Waals surface area contributed by atoms with Gasteiger partial charge in [-0.25, -0.2) is 4.98 Å². The van der Waals surface area contributed by atoms with Crippen molar-refractivity contribution in [2.75, 3.05) is 5.32 Å². The molecule has 5 heteroatoms. The zero-order chi connectivity index (χ0) is 16.6. The van der Waals surface area contributed by atoms with Gasteiger partial charge >= 0.3 is 0 Å². The lowest BCUT2D eigenvalue weighted by Gasteiger charge is -2.08. The first-order chi connectivity index (χ1) is 11.0. The summed E-state index contributed by atoms with van der Waals surface area (Å²) in [7, 11) is 1.82. The molecule has 0 spiro atoms. The third-order valence-corrected chi connectivity index (χ3v) is 3.63. The van der Waals surface area contributed by atoms with E-state index in [9.17, 15) is 4.79 Å². The van der Waals surface area contributed by atoms with Crippen molar-refractivity contribution in [2.45, 2.75) is 13.8 Å². The number of carbonyl (C=O) groups is 1. The lowest BCUT2D eigenvalue weighted by Crippen LogP contribution is -2.13. The van der Waals surface area contributed by atoms with Crippen LogP contribution in [-0.2, 0) is 7.05 Å². The van der Waals surface area contributed by atoms with Gasteiger partial charge in [0.1, 0.15) is 0 Å². The van der Waals surface area contributed by atoms with Gasteiger partial charge in [-0.3, -0.25) is 9.48 Å². The van der Waals surface area contributed by atoms with E-state index in [4.69, 9.17) is 6.42 Å². The molecule has 3 rings (SSSR count). The van der Waals surface area contributed by atoms with Gasteiger partial charge in [-0.15, -0.1) is 6.42 Å². The van der Waals surface area contributed by atoms with Crippen molar-refractivity contribution in [2.24, 2.45) is 7.05 Å². The average Bonchev–Trinajstić information content (AvgIpc) is 2.81. The van der Waals surface area contributed by atoms with Crippen LogP contribution in [0.3, 0.4) is 0 Å². The van der Waals surface area contributed by atoms with Crippen molar-refractivity contribution in [3.63, 3.8) is 0 Å². The third kappa shape index (κ3) is 2.67. The highest BCUT2D eigenvalue weighted by atomic mass is 16.1. The number of aryl methyl sites for hydroxylation is 3. The summed E-state index contributed by atoms with van der Waals surface area (Å²) in [6.07, 6.45) is 5.40. The zero-order valence-corrected chi connectivity index (χ0v) is 13.2. The molecule has 0 aliphatic heterocycles. The third-order valence-electron chi connectivity index (χ3n) is 3.63. The van der Waals surface area contributed by atoms with E-state index in [0.717, 1.165) is 22.3 Å². The number of terminal acetylenes is 1. The number of anilines is 1. The molecule has 0 aliphatic carbocycles. The number of nitrogens with one attached hydrogen (secondary N) is 1. The summed E-state index contributed by atoms with van der Waals surface area (Å²) in [6.45, 7) is 3.73.